The summed E-state index contributed by atoms with van der Waals surface area (Å²) in [5.74, 6) is -5.18. The molecule has 13 heteroatoms. The van der Waals surface area contributed by atoms with Crippen LogP contribution in [0.3, 0.4) is 0 Å². The summed E-state index contributed by atoms with van der Waals surface area (Å²) < 4.78 is 0. The fourth-order valence-corrected chi connectivity index (χ4v) is 3.13. The maximum atomic E-state index is 13.0. The monoisotopic (exact) mass is 500 g/mol. The first-order valence-electron chi connectivity index (χ1n) is 11.7. The maximum Gasteiger partial charge on any atom is 0.326 e. The molecule has 5 atom stereocenters. The van der Waals surface area contributed by atoms with Gasteiger partial charge in [-0.05, 0) is 31.1 Å². The van der Waals surface area contributed by atoms with Gasteiger partial charge >= 0.3 is 5.97 Å². The number of carbonyl (C=O) groups is 6. The van der Waals surface area contributed by atoms with Crippen LogP contribution in [0.1, 0.15) is 66.2 Å². The van der Waals surface area contributed by atoms with Crippen molar-refractivity contribution in [2.24, 2.45) is 29.0 Å². The van der Waals surface area contributed by atoms with Gasteiger partial charge in [-0.25, -0.2) is 4.79 Å². The van der Waals surface area contributed by atoms with Crippen LogP contribution in [-0.2, 0) is 28.8 Å². The average molecular weight is 501 g/mol. The third-order valence-corrected chi connectivity index (χ3v) is 5.51. The van der Waals surface area contributed by atoms with Gasteiger partial charge in [0, 0.05) is 12.8 Å². The van der Waals surface area contributed by atoms with E-state index in [1.165, 1.54) is 0 Å². The molecule has 0 aromatic carbocycles. The van der Waals surface area contributed by atoms with Gasteiger partial charge in [-0.2, -0.15) is 0 Å². The summed E-state index contributed by atoms with van der Waals surface area (Å²) in [5.41, 5.74) is 16.3. The predicted molar refractivity (Wildman–Crippen MR) is 127 cm³/mol. The summed E-state index contributed by atoms with van der Waals surface area (Å²) in [4.78, 5) is 72.4. The highest BCUT2D eigenvalue weighted by atomic mass is 16.4. The quantitative estimate of drug-likeness (QED) is 0.123. The maximum absolute atomic E-state index is 13.0. The molecule has 5 unspecified atom stereocenters. The van der Waals surface area contributed by atoms with Gasteiger partial charge < -0.3 is 38.3 Å². The van der Waals surface area contributed by atoms with Gasteiger partial charge in [0.1, 0.15) is 18.1 Å². The highest BCUT2D eigenvalue weighted by molar-refractivity contribution is 5.94. The standard InChI is InChI=1S/C22H40N6O7/c1-5-12(4)18(25)21(33)27-14(7-9-17(24)30)19(31)26-13(6-8-16(23)29)20(32)28-15(22(34)35)10-11(2)3/h11-15,18H,5-10,25H2,1-4H3,(H2,23,29)(H2,24,30)(H,26,31)(H,27,33)(H,28,32)(H,34,35). The fraction of sp³-hybridized carbons (Fsp3) is 0.727. The number of carboxylic acids is 1. The highest BCUT2D eigenvalue weighted by Crippen LogP contribution is 2.09. The Kier molecular flexibility index (Phi) is 14.2. The van der Waals surface area contributed by atoms with E-state index in [0.29, 0.717) is 6.42 Å². The third-order valence-electron chi connectivity index (χ3n) is 5.51. The number of primary amides is 2. The lowest BCUT2D eigenvalue weighted by Crippen LogP contribution is -2.57. The van der Waals surface area contributed by atoms with Crippen LogP contribution in [0, 0.1) is 11.8 Å². The predicted octanol–water partition coefficient (Wildman–Crippen LogP) is -1.52. The number of hydrogen-bond acceptors (Lipinski definition) is 7. The van der Waals surface area contributed by atoms with Crippen LogP contribution in [0.4, 0.5) is 0 Å². The van der Waals surface area contributed by atoms with Crippen molar-refractivity contribution in [1.29, 1.82) is 0 Å². The van der Waals surface area contributed by atoms with E-state index >= 15 is 0 Å². The summed E-state index contributed by atoms with van der Waals surface area (Å²) in [6.45, 7) is 7.18. The number of carbonyl (C=O) groups excluding carboxylic acids is 5. The number of nitrogens with one attached hydrogen (secondary N) is 3. The SMILES string of the molecule is CCC(C)C(N)C(=O)NC(CCC(N)=O)C(=O)NC(CCC(N)=O)C(=O)NC(CC(C)C)C(=O)O. The molecule has 0 spiro atoms. The van der Waals surface area contributed by atoms with Crippen LogP contribution in [0.25, 0.3) is 0 Å². The van der Waals surface area contributed by atoms with Gasteiger partial charge in [-0.1, -0.05) is 34.1 Å². The molecule has 0 aromatic heterocycles. The van der Waals surface area contributed by atoms with Crippen LogP contribution < -0.4 is 33.2 Å². The molecule has 0 aliphatic heterocycles. The third kappa shape index (κ3) is 12.7. The molecule has 0 rings (SSSR count). The van der Waals surface area contributed by atoms with Crippen molar-refractivity contribution in [1.82, 2.24) is 16.0 Å². The van der Waals surface area contributed by atoms with E-state index in [1.807, 2.05) is 6.92 Å². The smallest absolute Gasteiger partial charge is 0.326 e. The Morgan fingerprint density at radius 1 is 0.743 bits per heavy atom. The van der Waals surface area contributed by atoms with Gasteiger partial charge in [0.2, 0.25) is 29.5 Å². The number of amides is 5. The zero-order valence-corrected chi connectivity index (χ0v) is 20.8. The lowest BCUT2D eigenvalue weighted by atomic mass is 9.98. The summed E-state index contributed by atoms with van der Waals surface area (Å²) in [6.07, 6.45) is -0.104. The van der Waals surface area contributed by atoms with Gasteiger partial charge in [-0.15, -0.1) is 0 Å². The van der Waals surface area contributed by atoms with Crippen molar-refractivity contribution < 1.29 is 33.9 Å². The first-order valence-corrected chi connectivity index (χ1v) is 11.7. The van der Waals surface area contributed by atoms with Crippen LogP contribution >= 0.6 is 0 Å². The molecule has 0 fully saturated rings. The van der Waals surface area contributed by atoms with Crippen molar-refractivity contribution in [3.63, 3.8) is 0 Å². The molecule has 0 aromatic rings. The lowest BCUT2D eigenvalue weighted by molar-refractivity contribution is -0.143. The van der Waals surface area contributed by atoms with E-state index in [1.54, 1.807) is 20.8 Å². The van der Waals surface area contributed by atoms with E-state index in [-0.39, 0.29) is 43.9 Å². The molecule has 13 nitrogen and oxygen atoms in total. The summed E-state index contributed by atoms with van der Waals surface area (Å²) in [7, 11) is 0. The normalized spacial score (nSPS) is 15.3. The second-order valence-corrected chi connectivity index (χ2v) is 9.07. The molecular formula is C22H40N6O7. The molecule has 0 aliphatic rings. The molecule has 0 radical (unpaired) electrons. The number of aliphatic carboxylic acids is 1. The first kappa shape index (κ1) is 31.8. The van der Waals surface area contributed by atoms with Crippen molar-refractivity contribution in [2.45, 2.75) is 90.4 Å². The Morgan fingerprint density at radius 3 is 1.49 bits per heavy atom. The summed E-state index contributed by atoms with van der Waals surface area (Å²) in [6, 6.07) is -4.69. The second kappa shape index (κ2) is 15.6. The molecule has 5 amide bonds. The Balaban J connectivity index is 5.68. The largest absolute Gasteiger partial charge is 0.480 e. The average Bonchev–Trinajstić information content (AvgIpc) is 2.76. The van der Waals surface area contributed by atoms with Crippen LogP contribution in [-0.4, -0.2) is 64.8 Å². The van der Waals surface area contributed by atoms with Gasteiger partial charge in [-0.3, -0.25) is 24.0 Å². The highest BCUT2D eigenvalue weighted by Gasteiger charge is 2.31. The summed E-state index contributed by atoms with van der Waals surface area (Å²) in [5, 5.41) is 16.7. The zero-order chi connectivity index (χ0) is 27.3. The van der Waals surface area contributed by atoms with Crippen molar-refractivity contribution >= 4 is 35.5 Å². The van der Waals surface area contributed by atoms with E-state index in [9.17, 15) is 33.9 Å². The molecule has 200 valence electrons. The van der Waals surface area contributed by atoms with Crippen LogP contribution in [0.5, 0.6) is 0 Å². The fourth-order valence-electron chi connectivity index (χ4n) is 3.13. The van der Waals surface area contributed by atoms with Gasteiger partial charge in [0.25, 0.3) is 0 Å². The Labute approximate surface area is 205 Å². The minimum Gasteiger partial charge on any atom is -0.480 e. The molecule has 10 N–H and O–H groups in total. The molecule has 0 bridgehead atoms. The Bertz CT molecular complexity index is 773. The van der Waals surface area contributed by atoms with E-state index in [4.69, 9.17) is 17.2 Å². The van der Waals surface area contributed by atoms with Crippen LogP contribution in [0.2, 0.25) is 0 Å². The van der Waals surface area contributed by atoms with Gasteiger partial charge in [0.15, 0.2) is 0 Å². The number of nitrogens with two attached hydrogens (primary N) is 3. The lowest BCUT2D eigenvalue weighted by Gasteiger charge is -2.26. The van der Waals surface area contributed by atoms with E-state index in [2.05, 4.69) is 16.0 Å². The molecule has 0 aliphatic carbocycles. The Morgan fingerprint density at radius 2 is 1.14 bits per heavy atom. The van der Waals surface area contributed by atoms with Gasteiger partial charge in [0.05, 0.1) is 6.04 Å². The van der Waals surface area contributed by atoms with E-state index in [0.717, 1.165) is 0 Å². The second-order valence-electron chi connectivity index (χ2n) is 9.07. The molecule has 0 saturated carbocycles. The summed E-state index contributed by atoms with van der Waals surface area (Å²) >= 11 is 0. The molecular weight excluding hydrogens is 460 g/mol. The zero-order valence-electron chi connectivity index (χ0n) is 20.8. The number of rotatable bonds is 17. The topological polar surface area (TPSA) is 237 Å². The minimum atomic E-state index is -1.32. The molecule has 0 saturated heterocycles. The molecule has 35 heavy (non-hydrogen) atoms. The Hall–Kier alpha value is -3.22. The van der Waals surface area contributed by atoms with Crippen molar-refractivity contribution in [2.75, 3.05) is 0 Å². The van der Waals surface area contributed by atoms with Crippen LogP contribution in [0.15, 0.2) is 0 Å². The number of hydrogen-bond donors (Lipinski definition) is 7. The van der Waals surface area contributed by atoms with Crippen molar-refractivity contribution in [3.8, 4) is 0 Å². The number of carboxylic acid groups (broad SMARTS) is 1. The van der Waals surface area contributed by atoms with Crippen molar-refractivity contribution in [3.05, 3.63) is 0 Å². The van der Waals surface area contributed by atoms with E-state index < -0.39 is 59.7 Å². The molecule has 0 heterocycles. The first-order chi connectivity index (χ1) is 16.2. The minimum absolute atomic E-state index is 0.0434.